The van der Waals surface area contributed by atoms with Crippen LogP contribution in [-0.2, 0) is 46.5 Å². The Morgan fingerprint density at radius 1 is 0.891 bits per heavy atom. The minimum Gasteiger partial charge on any atom is -0.461 e. The zero-order valence-corrected chi connectivity index (χ0v) is 31.6. The number of ether oxygens (including phenoxy) is 5. The number of fused-ring (bicyclic) bond motifs is 1. The molecule has 0 aliphatic carbocycles. The number of carbonyl (C=O) groups excluding carboxylic acids is 4. The molecule has 1 fully saturated rings. The number of esters is 4. The van der Waals surface area contributed by atoms with E-state index in [2.05, 4.69) is 20.9 Å². The van der Waals surface area contributed by atoms with Crippen molar-refractivity contribution >= 4 is 52.5 Å². The highest BCUT2D eigenvalue weighted by molar-refractivity contribution is 6.28. The van der Waals surface area contributed by atoms with E-state index in [9.17, 15) is 19.2 Å². The third kappa shape index (κ3) is 10.2. The van der Waals surface area contributed by atoms with Crippen molar-refractivity contribution < 1.29 is 42.9 Å². The van der Waals surface area contributed by atoms with Crippen LogP contribution in [0.3, 0.4) is 0 Å². The van der Waals surface area contributed by atoms with Crippen molar-refractivity contribution in [3.63, 3.8) is 0 Å². The lowest BCUT2D eigenvalue weighted by Gasteiger charge is -2.29. The second-order valence-electron chi connectivity index (χ2n) is 13.1. The number of nitrogen functional groups attached to an aromatic ring is 1. The number of benzene rings is 2. The molecule has 3 atom stereocenters. The Hall–Kier alpha value is -5.52. The minimum absolute atomic E-state index is 0.0281. The average Bonchev–Trinajstić information content (AvgIpc) is 3.77. The molecule has 290 valence electrons. The lowest BCUT2D eigenvalue weighted by molar-refractivity contribution is -0.146. The number of imidazole rings is 1. The van der Waals surface area contributed by atoms with Crippen molar-refractivity contribution in [3.05, 3.63) is 82.4 Å². The van der Waals surface area contributed by atoms with Gasteiger partial charge in [0.2, 0.25) is 10.9 Å². The minimum atomic E-state index is -1.81. The van der Waals surface area contributed by atoms with Crippen LogP contribution >= 0.6 is 11.6 Å². The number of terminal acetylenes is 1. The van der Waals surface area contributed by atoms with Crippen LogP contribution in [0.4, 0.5) is 5.82 Å². The van der Waals surface area contributed by atoms with E-state index in [1.807, 2.05) is 13.8 Å². The van der Waals surface area contributed by atoms with Crippen LogP contribution in [0.15, 0.2) is 54.9 Å². The van der Waals surface area contributed by atoms with Crippen LogP contribution in [0.1, 0.15) is 110 Å². The summed E-state index contributed by atoms with van der Waals surface area (Å²) in [6.45, 7) is 3.26. The summed E-state index contributed by atoms with van der Waals surface area (Å²) in [5.74, 6) is 0.339. The fourth-order valence-electron chi connectivity index (χ4n) is 6.10. The number of nitrogens with two attached hydrogens (primary N) is 1. The molecule has 15 heteroatoms. The summed E-state index contributed by atoms with van der Waals surface area (Å²) in [7, 11) is 0. The van der Waals surface area contributed by atoms with E-state index >= 15 is 0 Å². The number of hydrogen-bond acceptors (Lipinski definition) is 13. The first kappa shape index (κ1) is 40.7. The fraction of sp³-hybridized carbons (Fsp3) is 0.425. The summed E-state index contributed by atoms with van der Waals surface area (Å²) >= 11 is 6.12. The number of aromatic nitrogens is 4. The maximum absolute atomic E-state index is 13.9. The molecule has 0 unspecified atom stereocenters. The maximum atomic E-state index is 13.9. The molecule has 0 saturated carbocycles. The van der Waals surface area contributed by atoms with Crippen molar-refractivity contribution in [2.24, 2.45) is 0 Å². The summed E-state index contributed by atoms with van der Waals surface area (Å²) in [5, 5.41) is -0.127. The van der Waals surface area contributed by atoms with Gasteiger partial charge in [-0.2, -0.15) is 9.97 Å². The van der Waals surface area contributed by atoms with Crippen LogP contribution in [0, 0.1) is 12.3 Å². The van der Waals surface area contributed by atoms with Crippen LogP contribution in [-0.4, -0.2) is 61.7 Å². The highest BCUT2D eigenvalue weighted by atomic mass is 35.5. The van der Waals surface area contributed by atoms with Gasteiger partial charge in [0.25, 0.3) is 0 Å². The first-order valence-corrected chi connectivity index (χ1v) is 18.6. The van der Waals surface area contributed by atoms with E-state index in [1.54, 1.807) is 48.5 Å². The Kier molecular flexibility index (Phi) is 14.2. The number of anilines is 1. The van der Waals surface area contributed by atoms with E-state index in [0.29, 0.717) is 24.0 Å². The van der Waals surface area contributed by atoms with Crippen molar-refractivity contribution in [3.8, 4) is 12.3 Å². The largest absolute Gasteiger partial charge is 0.461 e. The van der Waals surface area contributed by atoms with Crippen LogP contribution in [0.5, 0.6) is 0 Å². The highest BCUT2D eigenvalue weighted by Gasteiger charge is 2.52. The molecule has 2 N–H and O–H groups in total. The van der Waals surface area contributed by atoms with Gasteiger partial charge in [-0.15, -0.1) is 6.42 Å². The molecule has 0 radical (unpaired) electrons. The monoisotopic (exact) mass is 773 g/mol. The van der Waals surface area contributed by atoms with Gasteiger partial charge in [0.1, 0.15) is 31.6 Å². The van der Waals surface area contributed by atoms with E-state index in [-0.39, 0.29) is 77.8 Å². The average molecular weight is 774 g/mol. The molecular weight excluding hydrogens is 730 g/mol. The van der Waals surface area contributed by atoms with Crippen molar-refractivity contribution in [1.82, 2.24) is 19.5 Å². The molecule has 3 heterocycles. The number of unbranched alkanes of at least 4 members (excludes halogenated alkanes) is 4. The second kappa shape index (κ2) is 19.2. The number of hydrogen-bond donors (Lipinski definition) is 1. The predicted octanol–water partition coefficient (Wildman–Crippen LogP) is 6.68. The summed E-state index contributed by atoms with van der Waals surface area (Å²) in [6, 6.07) is 13.1. The lowest BCUT2D eigenvalue weighted by atomic mass is 9.98. The number of carbonyl (C=O) groups is 4. The van der Waals surface area contributed by atoms with Gasteiger partial charge in [0, 0.05) is 30.4 Å². The molecule has 0 amide bonds. The standard InChI is InChI=1S/C40H44ClN5O9/c1-4-7-9-19-32(47)51-22-26-15-11-13-17-28(26)37(49)53-24-40(6-3)30(21-31(55-40)46-25-43-34-35(42)44-39(41)45-36(34)46)54-38(50)29-18-14-12-16-27(29)23-52-33(48)20-10-8-5-2/h3,11-18,25,30-31H,4-5,7-10,19-24H2,1-2H3,(H2,42,44,45)/t30-,31+,40+/m0/s1. The Bertz CT molecular complexity index is 2050. The third-order valence-electron chi connectivity index (χ3n) is 9.15. The van der Waals surface area contributed by atoms with Crippen LogP contribution in [0.2, 0.25) is 5.28 Å². The normalized spacial score (nSPS) is 17.7. The molecule has 2 aromatic heterocycles. The molecule has 1 aliphatic rings. The zero-order chi connectivity index (χ0) is 39.4. The number of halogens is 1. The number of rotatable bonds is 18. The summed E-state index contributed by atoms with van der Waals surface area (Å²) in [5.41, 5.74) is 5.88. The van der Waals surface area contributed by atoms with Crippen LogP contribution in [0.25, 0.3) is 11.2 Å². The Morgan fingerprint density at radius 3 is 2.05 bits per heavy atom. The molecule has 1 saturated heterocycles. The fourth-order valence-corrected chi connectivity index (χ4v) is 6.28. The van der Waals surface area contributed by atoms with Gasteiger partial charge in [-0.05, 0) is 36.6 Å². The van der Waals surface area contributed by atoms with Gasteiger partial charge >= 0.3 is 23.9 Å². The molecular formula is C40H44ClN5O9. The summed E-state index contributed by atoms with van der Waals surface area (Å²) in [4.78, 5) is 64.6. The lowest BCUT2D eigenvalue weighted by Crippen LogP contribution is -2.45. The van der Waals surface area contributed by atoms with Gasteiger partial charge in [-0.3, -0.25) is 14.2 Å². The summed E-state index contributed by atoms with van der Waals surface area (Å²) < 4.78 is 30.7. The first-order chi connectivity index (χ1) is 26.6. The number of nitrogens with zero attached hydrogens (tertiary/aromatic N) is 4. The van der Waals surface area contributed by atoms with Crippen LogP contribution < -0.4 is 5.73 Å². The van der Waals surface area contributed by atoms with E-state index < -0.39 is 36.5 Å². The quantitative estimate of drug-likeness (QED) is 0.0372. The Balaban J connectivity index is 1.38. The Morgan fingerprint density at radius 2 is 1.47 bits per heavy atom. The van der Waals surface area contributed by atoms with Gasteiger partial charge in [-0.1, -0.05) is 81.8 Å². The highest BCUT2D eigenvalue weighted by Crippen LogP contribution is 2.41. The van der Waals surface area contributed by atoms with Crippen molar-refractivity contribution in [1.29, 1.82) is 0 Å². The molecule has 14 nitrogen and oxygen atoms in total. The van der Waals surface area contributed by atoms with E-state index in [1.165, 1.54) is 10.9 Å². The van der Waals surface area contributed by atoms with E-state index in [0.717, 1.165) is 25.7 Å². The second-order valence-corrected chi connectivity index (χ2v) is 13.4. The van der Waals surface area contributed by atoms with Gasteiger partial charge in [0.05, 0.1) is 17.5 Å². The van der Waals surface area contributed by atoms with E-state index in [4.69, 9.17) is 47.4 Å². The molecule has 4 aromatic rings. The molecule has 0 spiro atoms. The van der Waals surface area contributed by atoms with Gasteiger partial charge < -0.3 is 29.4 Å². The molecule has 5 rings (SSSR count). The zero-order valence-electron chi connectivity index (χ0n) is 30.8. The van der Waals surface area contributed by atoms with Gasteiger partial charge in [0.15, 0.2) is 17.6 Å². The third-order valence-corrected chi connectivity index (χ3v) is 9.31. The smallest absolute Gasteiger partial charge is 0.338 e. The topological polar surface area (TPSA) is 184 Å². The first-order valence-electron chi connectivity index (χ1n) is 18.2. The molecule has 55 heavy (non-hydrogen) atoms. The maximum Gasteiger partial charge on any atom is 0.338 e. The SMILES string of the molecule is C#C[C@]1(COC(=O)c2ccccc2COC(=O)CCCCC)O[C@@H](n2cnc3c(N)nc(Cl)nc32)C[C@@H]1OC(=O)c1ccccc1COC(=O)CCCCC. The predicted molar refractivity (Wildman–Crippen MR) is 201 cm³/mol. The van der Waals surface area contributed by atoms with Crippen molar-refractivity contribution in [2.75, 3.05) is 12.3 Å². The molecule has 1 aliphatic heterocycles. The molecule has 2 aromatic carbocycles. The molecule has 0 bridgehead atoms. The van der Waals surface area contributed by atoms with Gasteiger partial charge in [-0.25, -0.2) is 14.6 Å². The summed E-state index contributed by atoms with van der Waals surface area (Å²) in [6.07, 6.45) is 11.1. The Labute approximate surface area is 324 Å². The van der Waals surface area contributed by atoms with Crippen molar-refractivity contribution in [2.45, 2.75) is 103 Å².